The molecule has 1 aromatic carbocycles. The lowest BCUT2D eigenvalue weighted by molar-refractivity contribution is -0.148. The van der Waals surface area contributed by atoms with Gasteiger partial charge in [-0.2, -0.15) is 0 Å². The lowest BCUT2D eigenvalue weighted by Crippen LogP contribution is -2.43. The molecule has 5 heteroatoms. The summed E-state index contributed by atoms with van der Waals surface area (Å²) in [4.78, 5) is 31.1. The molecule has 5 nitrogen and oxygen atoms in total. The number of amides is 1. The van der Waals surface area contributed by atoms with Crippen LogP contribution < -0.4 is 4.90 Å². The first-order valence-electron chi connectivity index (χ1n) is 9.10. The highest BCUT2D eigenvalue weighted by Crippen LogP contribution is 2.36. The standard InChI is InChI=1S/C21H24N2O3/c1-15(16-8-7-13-22-14-16)23(17-9-3-2-4-10-17)20(24)18-11-5-6-12-19(18)21(25)26/h2-4,7-10,13-15,18-19H,5-6,11-12H2,1H3,(H,25,26). The van der Waals surface area contributed by atoms with Crippen molar-refractivity contribution in [1.29, 1.82) is 0 Å². The molecule has 1 N–H and O–H groups in total. The Morgan fingerprint density at radius 3 is 2.38 bits per heavy atom. The van der Waals surface area contributed by atoms with Gasteiger partial charge in [-0.3, -0.25) is 14.6 Å². The molecule has 1 aliphatic rings. The summed E-state index contributed by atoms with van der Waals surface area (Å²) in [5.74, 6) is -2.08. The van der Waals surface area contributed by atoms with Crippen LogP contribution in [-0.2, 0) is 9.59 Å². The van der Waals surface area contributed by atoms with Crippen LogP contribution in [0.5, 0.6) is 0 Å². The maximum Gasteiger partial charge on any atom is 0.307 e. The number of anilines is 1. The molecule has 1 heterocycles. The normalized spacial score (nSPS) is 21.0. The molecule has 3 unspecified atom stereocenters. The Bertz CT molecular complexity index is 748. The van der Waals surface area contributed by atoms with Crippen molar-refractivity contribution in [2.75, 3.05) is 4.90 Å². The fourth-order valence-corrected chi connectivity index (χ4v) is 3.80. The van der Waals surface area contributed by atoms with Crippen molar-refractivity contribution in [1.82, 2.24) is 4.98 Å². The van der Waals surface area contributed by atoms with Gasteiger partial charge < -0.3 is 10.0 Å². The Labute approximate surface area is 153 Å². The van der Waals surface area contributed by atoms with Gasteiger partial charge in [-0.15, -0.1) is 0 Å². The van der Waals surface area contributed by atoms with E-state index in [1.165, 1.54) is 0 Å². The summed E-state index contributed by atoms with van der Waals surface area (Å²) in [7, 11) is 0. The minimum absolute atomic E-state index is 0.111. The van der Waals surface area contributed by atoms with Crippen molar-refractivity contribution < 1.29 is 14.7 Å². The number of carbonyl (C=O) groups excluding carboxylic acids is 1. The Balaban J connectivity index is 1.97. The lowest BCUT2D eigenvalue weighted by atomic mass is 9.78. The van der Waals surface area contributed by atoms with Gasteiger partial charge in [-0.05, 0) is 43.5 Å². The second-order valence-electron chi connectivity index (χ2n) is 6.84. The first-order valence-corrected chi connectivity index (χ1v) is 9.10. The second kappa shape index (κ2) is 8.13. The average Bonchev–Trinajstić information content (AvgIpc) is 2.69. The van der Waals surface area contributed by atoms with E-state index < -0.39 is 17.8 Å². The van der Waals surface area contributed by atoms with Crippen LogP contribution in [0.4, 0.5) is 5.69 Å². The number of aromatic nitrogens is 1. The van der Waals surface area contributed by atoms with Gasteiger partial charge in [0.15, 0.2) is 0 Å². The molecule has 2 aromatic rings. The van der Waals surface area contributed by atoms with E-state index in [0.29, 0.717) is 12.8 Å². The quantitative estimate of drug-likeness (QED) is 0.881. The Kier molecular flexibility index (Phi) is 5.66. The van der Waals surface area contributed by atoms with Crippen LogP contribution in [0.3, 0.4) is 0 Å². The van der Waals surface area contributed by atoms with E-state index in [9.17, 15) is 14.7 Å². The van der Waals surface area contributed by atoms with Crippen molar-refractivity contribution in [3.05, 3.63) is 60.4 Å². The third-order valence-corrected chi connectivity index (χ3v) is 5.23. The summed E-state index contributed by atoms with van der Waals surface area (Å²) in [6, 6.07) is 13.0. The smallest absolute Gasteiger partial charge is 0.307 e. The molecule has 1 saturated carbocycles. The molecular weight excluding hydrogens is 328 g/mol. The van der Waals surface area contributed by atoms with E-state index in [1.54, 1.807) is 17.3 Å². The number of para-hydroxylation sites is 1. The zero-order chi connectivity index (χ0) is 18.5. The molecule has 136 valence electrons. The summed E-state index contributed by atoms with van der Waals surface area (Å²) in [6.45, 7) is 1.96. The molecule has 0 radical (unpaired) electrons. The van der Waals surface area contributed by atoms with Crippen molar-refractivity contribution in [3.8, 4) is 0 Å². The number of pyridine rings is 1. The van der Waals surface area contributed by atoms with Gasteiger partial charge in [0.1, 0.15) is 0 Å². The highest BCUT2D eigenvalue weighted by molar-refractivity contribution is 5.98. The number of rotatable bonds is 5. The number of hydrogen-bond acceptors (Lipinski definition) is 3. The maximum absolute atomic E-state index is 13.5. The van der Waals surface area contributed by atoms with Crippen LogP contribution in [0.1, 0.15) is 44.2 Å². The number of carboxylic acids is 1. The molecule has 0 bridgehead atoms. The van der Waals surface area contributed by atoms with Crippen LogP contribution in [0.25, 0.3) is 0 Å². The van der Waals surface area contributed by atoms with Crippen LogP contribution >= 0.6 is 0 Å². The summed E-state index contributed by atoms with van der Waals surface area (Å²) >= 11 is 0. The van der Waals surface area contributed by atoms with E-state index in [-0.39, 0.29) is 11.9 Å². The summed E-state index contributed by atoms with van der Waals surface area (Å²) in [6.07, 6.45) is 6.40. The van der Waals surface area contributed by atoms with Gasteiger partial charge in [0.05, 0.1) is 17.9 Å². The SMILES string of the molecule is CC(c1cccnc1)N(C(=O)C1CCCCC1C(=O)O)c1ccccc1. The Hall–Kier alpha value is -2.69. The summed E-state index contributed by atoms with van der Waals surface area (Å²) in [5, 5.41) is 9.58. The van der Waals surface area contributed by atoms with Crippen LogP contribution in [0.15, 0.2) is 54.9 Å². The largest absolute Gasteiger partial charge is 0.481 e. The summed E-state index contributed by atoms with van der Waals surface area (Å²) in [5.41, 5.74) is 1.70. The molecular formula is C21H24N2O3. The van der Waals surface area contributed by atoms with Crippen LogP contribution in [-0.4, -0.2) is 22.0 Å². The van der Waals surface area contributed by atoms with E-state index >= 15 is 0 Å². The fourth-order valence-electron chi connectivity index (χ4n) is 3.80. The molecule has 1 amide bonds. The number of nitrogens with zero attached hydrogens (tertiary/aromatic N) is 2. The summed E-state index contributed by atoms with van der Waals surface area (Å²) < 4.78 is 0. The van der Waals surface area contributed by atoms with Crippen molar-refractivity contribution in [3.63, 3.8) is 0 Å². The first kappa shape index (κ1) is 18.1. The van der Waals surface area contributed by atoms with Gasteiger partial charge in [0.2, 0.25) is 5.91 Å². The predicted octanol–water partition coefficient (Wildman–Crippen LogP) is 4.07. The number of carboxylic acid groups (broad SMARTS) is 1. The zero-order valence-electron chi connectivity index (χ0n) is 14.9. The molecule has 26 heavy (non-hydrogen) atoms. The number of benzene rings is 1. The van der Waals surface area contributed by atoms with E-state index in [2.05, 4.69) is 4.98 Å². The highest BCUT2D eigenvalue weighted by Gasteiger charge is 2.39. The molecule has 0 saturated heterocycles. The number of hydrogen-bond donors (Lipinski definition) is 1. The fraction of sp³-hybridized carbons (Fsp3) is 0.381. The van der Waals surface area contributed by atoms with E-state index in [1.807, 2.05) is 49.4 Å². The second-order valence-corrected chi connectivity index (χ2v) is 6.84. The first-order chi connectivity index (χ1) is 12.6. The minimum Gasteiger partial charge on any atom is -0.481 e. The van der Waals surface area contributed by atoms with E-state index in [4.69, 9.17) is 0 Å². The molecule has 1 fully saturated rings. The monoisotopic (exact) mass is 352 g/mol. The third kappa shape index (κ3) is 3.77. The lowest BCUT2D eigenvalue weighted by Gasteiger charge is -2.36. The van der Waals surface area contributed by atoms with Gasteiger partial charge in [0.25, 0.3) is 0 Å². The maximum atomic E-state index is 13.5. The number of aliphatic carboxylic acids is 1. The van der Waals surface area contributed by atoms with Crippen LogP contribution in [0, 0.1) is 11.8 Å². The predicted molar refractivity (Wildman–Crippen MR) is 99.7 cm³/mol. The van der Waals surface area contributed by atoms with Gasteiger partial charge in [-0.1, -0.05) is 37.1 Å². The molecule has 3 atom stereocenters. The molecule has 1 aliphatic carbocycles. The van der Waals surface area contributed by atoms with E-state index in [0.717, 1.165) is 24.1 Å². The molecule has 0 aliphatic heterocycles. The average molecular weight is 352 g/mol. The van der Waals surface area contributed by atoms with Gasteiger partial charge >= 0.3 is 5.97 Å². The topological polar surface area (TPSA) is 70.5 Å². The molecule has 0 spiro atoms. The van der Waals surface area contributed by atoms with Gasteiger partial charge in [0, 0.05) is 18.1 Å². The Morgan fingerprint density at radius 2 is 1.77 bits per heavy atom. The Morgan fingerprint density at radius 1 is 1.08 bits per heavy atom. The van der Waals surface area contributed by atoms with Crippen molar-refractivity contribution in [2.45, 2.75) is 38.6 Å². The van der Waals surface area contributed by atoms with Crippen LogP contribution in [0.2, 0.25) is 0 Å². The third-order valence-electron chi connectivity index (χ3n) is 5.23. The molecule has 1 aromatic heterocycles. The highest BCUT2D eigenvalue weighted by atomic mass is 16.4. The zero-order valence-corrected chi connectivity index (χ0v) is 14.9. The molecule has 3 rings (SSSR count). The minimum atomic E-state index is -0.870. The van der Waals surface area contributed by atoms with Crippen molar-refractivity contribution in [2.24, 2.45) is 11.8 Å². The van der Waals surface area contributed by atoms with Gasteiger partial charge in [-0.25, -0.2) is 0 Å². The number of carbonyl (C=O) groups is 2. The van der Waals surface area contributed by atoms with Crippen molar-refractivity contribution >= 4 is 17.6 Å².